The SMILES string of the molecule is CC(=O)Oc1cccc(Oc2ccc(I)c(I)c2I)c1. The summed E-state index contributed by atoms with van der Waals surface area (Å²) in [7, 11) is 0. The lowest BCUT2D eigenvalue weighted by molar-refractivity contribution is -0.131. The van der Waals surface area contributed by atoms with Crippen molar-refractivity contribution < 1.29 is 14.3 Å². The van der Waals surface area contributed by atoms with E-state index in [4.69, 9.17) is 9.47 Å². The third-order valence-corrected chi connectivity index (χ3v) is 7.45. The van der Waals surface area contributed by atoms with E-state index in [1.165, 1.54) is 10.5 Å². The van der Waals surface area contributed by atoms with Crippen molar-refractivity contribution in [2.45, 2.75) is 6.92 Å². The highest BCUT2D eigenvalue weighted by atomic mass is 127. The Labute approximate surface area is 157 Å². The first-order valence-electron chi connectivity index (χ1n) is 5.57. The molecule has 0 amide bonds. The van der Waals surface area contributed by atoms with E-state index in [0.29, 0.717) is 11.5 Å². The molecule has 0 spiro atoms. The zero-order valence-electron chi connectivity index (χ0n) is 10.3. The van der Waals surface area contributed by atoms with Crippen LogP contribution >= 0.6 is 67.8 Å². The van der Waals surface area contributed by atoms with Crippen LogP contribution in [0.4, 0.5) is 0 Å². The maximum absolute atomic E-state index is 11.0. The van der Waals surface area contributed by atoms with E-state index in [0.717, 1.165) is 12.9 Å². The molecule has 0 aliphatic heterocycles. The molecule has 2 rings (SSSR count). The van der Waals surface area contributed by atoms with E-state index in [9.17, 15) is 4.79 Å². The quantitative estimate of drug-likeness (QED) is 0.208. The lowest BCUT2D eigenvalue weighted by Crippen LogP contribution is -2.01. The highest BCUT2D eigenvalue weighted by Gasteiger charge is 2.10. The molecule has 0 heterocycles. The van der Waals surface area contributed by atoms with Crippen LogP contribution in [0.3, 0.4) is 0 Å². The number of rotatable bonds is 3. The first kappa shape index (κ1) is 16.3. The van der Waals surface area contributed by atoms with Gasteiger partial charge in [0.2, 0.25) is 0 Å². The molecule has 0 aliphatic carbocycles. The van der Waals surface area contributed by atoms with Crippen molar-refractivity contribution in [3.05, 3.63) is 47.1 Å². The summed E-state index contributed by atoms with van der Waals surface area (Å²) in [4.78, 5) is 11.0. The van der Waals surface area contributed by atoms with Gasteiger partial charge in [-0.05, 0) is 92.0 Å². The molecule has 0 atom stereocenters. The average Bonchev–Trinajstić information content (AvgIpc) is 2.39. The molecule has 0 saturated carbocycles. The highest BCUT2D eigenvalue weighted by Crippen LogP contribution is 2.33. The maximum atomic E-state index is 11.0. The standard InChI is InChI=1S/C14H9I3O3/c1-8(18)19-9-3-2-4-10(7-9)20-12-6-5-11(15)13(16)14(12)17/h2-7H,1H3. The summed E-state index contributed by atoms with van der Waals surface area (Å²) in [5.74, 6) is 1.56. The van der Waals surface area contributed by atoms with Gasteiger partial charge in [-0.3, -0.25) is 4.79 Å². The van der Waals surface area contributed by atoms with Crippen molar-refractivity contribution in [3.8, 4) is 17.2 Å². The Balaban J connectivity index is 2.26. The topological polar surface area (TPSA) is 35.5 Å². The fourth-order valence-corrected chi connectivity index (χ4v) is 3.47. The molecule has 0 N–H and O–H groups in total. The minimum atomic E-state index is -0.347. The molecule has 2 aromatic carbocycles. The Morgan fingerprint density at radius 1 is 1.00 bits per heavy atom. The zero-order valence-corrected chi connectivity index (χ0v) is 16.8. The van der Waals surface area contributed by atoms with E-state index in [2.05, 4.69) is 67.8 Å². The first-order valence-corrected chi connectivity index (χ1v) is 8.81. The molecule has 0 aromatic heterocycles. The summed E-state index contributed by atoms with van der Waals surface area (Å²) in [6, 6.07) is 11.0. The molecule has 20 heavy (non-hydrogen) atoms. The number of hydrogen-bond acceptors (Lipinski definition) is 3. The van der Waals surface area contributed by atoms with Crippen LogP contribution in [0.1, 0.15) is 6.92 Å². The van der Waals surface area contributed by atoms with Crippen molar-refractivity contribution in [2.75, 3.05) is 0 Å². The third kappa shape index (κ3) is 4.20. The summed E-state index contributed by atoms with van der Waals surface area (Å²) < 4.78 is 14.3. The van der Waals surface area contributed by atoms with E-state index < -0.39 is 0 Å². The van der Waals surface area contributed by atoms with Gasteiger partial charge in [0.1, 0.15) is 17.2 Å². The molecule has 104 valence electrons. The van der Waals surface area contributed by atoms with E-state index in [-0.39, 0.29) is 5.97 Å². The molecule has 3 nitrogen and oxygen atoms in total. The Kier molecular flexibility index (Phi) is 5.90. The Bertz CT molecular complexity index is 656. The molecule has 0 aliphatic rings. The van der Waals surface area contributed by atoms with Crippen LogP contribution in [0.15, 0.2) is 36.4 Å². The van der Waals surface area contributed by atoms with Gasteiger partial charge < -0.3 is 9.47 Å². The van der Waals surface area contributed by atoms with E-state index >= 15 is 0 Å². The van der Waals surface area contributed by atoms with Crippen LogP contribution in [0.5, 0.6) is 17.2 Å². The van der Waals surface area contributed by atoms with Crippen molar-refractivity contribution in [1.82, 2.24) is 0 Å². The fraction of sp³-hybridized carbons (Fsp3) is 0.0714. The second-order valence-corrected chi connectivity index (χ2v) is 7.16. The first-order chi connectivity index (χ1) is 9.47. The minimum absolute atomic E-state index is 0.347. The van der Waals surface area contributed by atoms with Crippen LogP contribution in [-0.4, -0.2) is 5.97 Å². The second-order valence-electron chi connectivity index (χ2n) is 3.84. The lowest BCUT2D eigenvalue weighted by atomic mass is 10.3. The van der Waals surface area contributed by atoms with Gasteiger partial charge in [0.15, 0.2) is 0 Å². The number of carbonyl (C=O) groups excluding carboxylic acids is 1. The van der Waals surface area contributed by atoms with Crippen LogP contribution in [0.2, 0.25) is 0 Å². The Hall–Kier alpha value is -0.1000. The molecule has 0 bridgehead atoms. The van der Waals surface area contributed by atoms with Crippen molar-refractivity contribution in [1.29, 1.82) is 0 Å². The number of benzene rings is 2. The monoisotopic (exact) mass is 606 g/mol. The van der Waals surface area contributed by atoms with E-state index in [1.54, 1.807) is 18.2 Å². The molecule has 0 fully saturated rings. The molecule has 2 aromatic rings. The number of ether oxygens (including phenoxy) is 2. The Morgan fingerprint density at radius 2 is 1.70 bits per heavy atom. The molecule has 6 heteroatoms. The normalized spacial score (nSPS) is 10.2. The lowest BCUT2D eigenvalue weighted by Gasteiger charge is -2.11. The Morgan fingerprint density at radius 3 is 2.40 bits per heavy atom. The van der Waals surface area contributed by atoms with Crippen molar-refractivity contribution in [3.63, 3.8) is 0 Å². The van der Waals surface area contributed by atoms with Crippen LogP contribution in [0.25, 0.3) is 0 Å². The number of halogens is 3. The van der Waals surface area contributed by atoms with E-state index in [1.807, 2.05) is 18.2 Å². The highest BCUT2D eigenvalue weighted by molar-refractivity contribution is 14.1. The number of carbonyl (C=O) groups is 1. The molecule has 0 radical (unpaired) electrons. The molecule has 0 unspecified atom stereocenters. The predicted molar refractivity (Wildman–Crippen MR) is 102 cm³/mol. The van der Waals surface area contributed by atoms with Gasteiger partial charge in [0, 0.05) is 20.1 Å². The second kappa shape index (κ2) is 7.25. The van der Waals surface area contributed by atoms with Crippen molar-refractivity contribution >= 4 is 73.7 Å². The number of hydrogen-bond donors (Lipinski definition) is 0. The fourth-order valence-electron chi connectivity index (χ4n) is 1.48. The van der Waals surface area contributed by atoms with Crippen LogP contribution in [0, 0.1) is 10.7 Å². The van der Waals surface area contributed by atoms with Gasteiger partial charge in [-0.25, -0.2) is 0 Å². The van der Waals surface area contributed by atoms with Gasteiger partial charge >= 0.3 is 5.97 Å². The summed E-state index contributed by atoms with van der Waals surface area (Å²) >= 11 is 6.85. The zero-order chi connectivity index (χ0) is 14.7. The molecular weight excluding hydrogens is 597 g/mol. The third-order valence-electron chi connectivity index (χ3n) is 2.29. The van der Waals surface area contributed by atoms with Gasteiger partial charge in [-0.1, -0.05) is 6.07 Å². The van der Waals surface area contributed by atoms with Crippen molar-refractivity contribution in [2.24, 2.45) is 0 Å². The van der Waals surface area contributed by atoms with Crippen LogP contribution < -0.4 is 9.47 Å². The number of esters is 1. The van der Waals surface area contributed by atoms with Gasteiger partial charge in [0.05, 0.1) is 3.57 Å². The summed E-state index contributed by atoms with van der Waals surface area (Å²) in [5.41, 5.74) is 0. The minimum Gasteiger partial charge on any atom is -0.456 e. The largest absolute Gasteiger partial charge is 0.456 e. The average molecular weight is 606 g/mol. The maximum Gasteiger partial charge on any atom is 0.308 e. The summed E-state index contributed by atoms with van der Waals surface area (Å²) in [6.07, 6.45) is 0. The van der Waals surface area contributed by atoms with Gasteiger partial charge in [-0.2, -0.15) is 0 Å². The summed E-state index contributed by atoms with van der Waals surface area (Å²) in [6.45, 7) is 1.37. The smallest absolute Gasteiger partial charge is 0.308 e. The molecule has 0 saturated heterocycles. The van der Waals surface area contributed by atoms with Gasteiger partial charge in [0.25, 0.3) is 0 Å². The molecular formula is C14H9I3O3. The van der Waals surface area contributed by atoms with Crippen LogP contribution in [-0.2, 0) is 4.79 Å². The van der Waals surface area contributed by atoms with Gasteiger partial charge in [-0.15, -0.1) is 0 Å². The summed E-state index contributed by atoms with van der Waals surface area (Å²) in [5, 5.41) is 0. The predicted octanol–water partition coefficient (Wildman–Crippen LogP) is 5.22.